The van der Waals surface area contributed by atoms with Gasteiger partial charge in [0.25, 0.3) is 5.72 Å². The van der Waals surface area contributed by atoms with Gasteiger partial charge in [-0.15, -0.1) is 0 Å². The number of nitrogens with zero attached hydrogens (tertiary/aromatic N) is 3. The number of amides is 1. The number of hydrogen-bond acceptors (Lipinski definition) is 6. The SMILES string of the molecule is COc1ccc(CC(=O)N2N=C(c3ccncc3)C[C@]2(O)C(F)(F)F)cc1OC. The highest BCUT2D eigenvalue weighted by molar-refractivity contribution is 6.03. The molecule has 10 heteroatoms. The molecule has 1 aliphatic rings. The van der Waals surface area contributed by atoms with Crippen molar-refractivity contribution in [3.8, 4) is 11.5 Å². The molecule has 0 fully saturated rings. The zero-order valence-electron chi connectivity index (χ0n) is 15.6. The van der Waals surface area contributed by atoms with E-state index in [1.54, 1.807) is 0 Å². The topological polar surface area (TPSA) is 84.2 Å². The Morgan fingerprint density at radius 1 is 1.17 bits per heavy atom. The molecular formula is C19H18F3N3O4. The van der Waals surface area contributed by atoms with Gasteiger partial charge < -0.3 is 14.6 Å². The zero-order valence-corrected chi connectivity index (χ0v) is 15.6. The summed E-state index contributed by atoms with van der Waals surface area (Å²) in [4.78, 5) is 16.5. The molecule has 3 rings (SSSR count). The molecule has 0 unspecified atom stereocenters. The van der Waals surface area contributed by atoms with Gasteiger partial charge in [0.2, 0.25) is 5.91 Å². The molecule has 154 valence electrons. The van der Waals surface area contributed by atoms with Crippen LogP contribution in [0.15, 0.2) is 47.8 Å². The molecule has 1 N–H and O–H groups in total. The van der Waals surface area contributed by atoms with Crippen molar-refractivity contribution in [3.05, 3.63) is 53.9 Å². The van der Waals surface area contributed by atoms with E-state index in [1.165, 1.54) is 56.9 Å². The smallest absolute Gasteiger partial charge is 0.438 e. The number of carbonyl (C=O) groups excluding carboxylic acids is 1. The summed E-state index contributed by atoms with van der Waals surface area (Å²) in [5.41, 5.74) is -2.78. The third-order valence-electron chi connectivity index (χ3n) is 4.49. The van der Waals surface area contributed by atoms with Crippen molar-refractivity contribution >= 4 is 11.6 Å². The minimum absolute atomic E-state index is 0.0621. The van der Waals surface area contributed by atoms with Crippen molar-refractivity contribution in [1.82, 2.24) is 9.99 Å². The lowest BCUT2D eigenvalue weighted by molar-refractivity contribution is -0.302. The third kappa shape index (κ3) is 3.88. The summed E-state index contributed by atoms with van der Waals surface area (Å²) in [7, 11) is 2.84. The van der Waals surface area contributed by atoms with E-state index in [0.29, 0.717) is 22.6 Å². The van der Waals surface area contributed by atoms with Crippen LogP contribution in [0.4, 0.5) is 13.2 Å². The average molecular weight is 409 g/mol. The van der Waals surface area contributed by atoms with Crippen molar-refractivity contribution in [2.75, 3.05) is 14.2 Å². The first-order valence-electron chi connectivity index (χ1n) is 8.50. The van der Waals surface area contributed by atoms with Gasteiger partial charge in [0.05, 0.1) is 32.8 Å². The number of pyridine rings is 1. The van der Waals surface area contributed by atoms with E-state index in [4.69, 9.17) is 9.47 Å². The van der Waals surface area contributed by atoms with Gasteiger partial charge in [0.1, 0.15) is 0 Å². The van der Waals surface area contributed by atoms with Crippen molar-refractivity contribution in [2.45, 2.75) is 24.7 Å². The number of aliphatic hydroxyl groups is 1. The van der Waals surface area contributed by atoms with E-state index in [1.807, 2.05) is 0 Å². The highest BCUT2D eigenvalue weighted by atomic mass is 19.4. The monoisotopic (exact) mass is 409 g/mol. The van der Waals surface area contributed by atoms with E-state index < -0.39 is 30.7 Å². The van der Waals surface area contributed by atoms with E-state index >= 15 is 0 Å². The maximum absolute atomic E-state index is 13.6. The second-order valence-electron chi connectivity index (χ2n) is 6.35. The predicted molar refractivity (Wildman–Crippen MR) is 96.5 cm³/mol. The lowest BCUT2D eigenvalue weighted by Gasteiger charge is -2.32. The number of alkyl halides is 3. The Bertz CT molecular complexity index is 934. The van der Waals surface area contributed by atoms with Crippen LogP contribution in [0.5, 0.6) is 11.5 Å². The van der Waals surface area contributed by atoms with Crippen LogP contribution in [-0.4, -0.2) is 52.8 Å². The average Bonchev–Trinajstić information content (AvgIpc) is 3.07. The summed E-state index contributed by atoms with van der Waals surface area (Å²) >= 11 is 0. The van der Waals surface area contributed by atoms with Crippen LogP contribution >= 0.6 is 0 Å². The maximum Gasteiger partial charge on any atom is 0.438 e. The summed E-state index contributed by atoms with van der Waals surface area (Å²) in [5.74, 6) is -0.276. The van der Waals surface area contributed by atoms with Crippen molar-refractivity contribution in [2.24, 2.45) is 5.10 Å². The van der Waals surface area contributed by atoms with Crippen molar-refractivity contribution in [3.63, 3.8) is 0 Å². The molecule has 0 radical (unpaired) electrons. The second-order valence-corrected chi connectivity index (χ2v) is 6.35. The van der Waals surface area contributed by atoms with E-state index in [0.717, 1.165) is 0 Å². The summed E-state index contributed by atoms with van der Waals surface area (Å²) in [6, 6.07) is 7.45. The number of carbonyl (C=O) groups is 1. The predicted octanol–water partition coefficient (Wildman–Crippen LogP) is 2.53. The van der Waals surface area contributed by atoms with E-state index in [2.05, 4.69) is 10.1 Å². The van der Waals surface area contributed by atoms with Crippen LogP contribution in [0.25, 0.3) is 0 Å². The van der Waals surface area contributed by atoms with Crippen LogP contribution in [-0.2, 0) is 11.2 Å². The molecule has 1 atom stereocenters. The van der Waals surface area contributed by atoms with Gasteiger partial charge in [0.15, 0.2) is 11.5 Å². The summed E-state index contributed by atoms with van der Waals surface area (Å²) in [5, 5.41) is 14.3. The molecule has 1 aliphatic heterocycles. The van der Waals surface area contributed by atoms with Gasteiger partial charge >= 0.3 is 6.18 Å². The number of hydrazone groups is 1. The molecule has 1 amide bonds. The minimum Gasteiger partial charge on any atom is -0.493 e. The molecular weight excluding hydrogens is 391 g/mol. The summed E-state index contributed by atoms with van der Waals surface area (Å²) < 4.78 is 51.1. The first-order chi connectivity index (χ1) is 13.7. The van der Waals surface area contributed by atoms with E-state index in [-0.39, 0.29) is 10.7 Å². The van der Waals surface area contributed by atoms with E-state index in [9.17, 15) is 23.1 Å². The van der Waals surface area contributed by atoms with Gasteiger partial charge in [-0.3, -0.25) is 9.78 Å². The Morgan fingerprint density at radius 2 is 1.83 bits per heavy atom. The Morgan fingerprint density at radius 3 is 2.41 bits per heavy atom. The molecule has 2 aromatic rings. The van der Waals surface area contributed by atoms with Gasteiger partial charge in [-0.25, -0.2) is 0 Å². The molecule has 2 heterocycles. The largest absolute Gasteiger partial charge is 0.493 e. The molecule has 1 aromatic heterocycles. The van der Waals surface area contributed by atoms with Crippen LogP contribution in [0.3, 0.4) is 0 Å². The van der Waals surface area contributed by atoms with Gasteiger partial charge in [-0.05, 0) is 29.8 Å². The Labute approximate surface area is 164 Å². The molecule has 0 bridgehead atoms. The first kappa shape index (κ1) is 20.6. The molecule has 29 heavy (non-hydrogen) atoms. The first-order valence-corrected chi connectivity index (χ1v) is 8.50. The van der Waals surface area contributed by atoms with Crippen LogP contribution < -0.4 is 9.47 Å². The third-order valence-corrected chi connectivity index (χ3v) is 4.49. The van der Waals surface area contributed by atoms with Crippen molar-refractivity contribution in [1.29, 1.82) is 0 Å². The molecule has 0 saturated carbocycles. The maximum atomic E-state index is 13.6. The Hall–Kier alpha value is -3.14. The molecule has 7 nitrogen and oxygen atoms in total. The number of benzene rings is 1. The lowest BCUT2D eigenvalue weighted by Crippen LogP contribution is -2.57. The second kappa shape index (κ2) is 7.70. The zero-order chi connectivity index (χ0) is 21.2. The highest BCUT2D eigenvalue weighted by Crippen LogP contribution is 2.41. The fraction of sp³-hybridized carbons (Fsp3) is 0.316. The number of halogens is 3. The molecule has 1 aromatic carbocycles. The number of aromatic nitrogens is 1. The highest BCUT2D eigenvalue weighted by Gasteiger charge is 2.63. The lowest BCUT2D eigenvalue weighted by atomic mass is 10.0. The molecule has 0 aliphatic carbocycles. The summed E-state index contributed by atoms with van der Waals surface area (Å²) in [6.07, 6.45) is -3.63. The number of rotatable bonds is 5. The normalized spacial score (nSPS) is 19.1. The van der Waals surface area contributed by atoms with Gasteiger partial charge in [0, 0.05) is 18.0 Å². The number of methoxy groups -OCH3 is 2. The number of ether oxygens (including phenoxy) is 2. The van der Waals surface area contributed by atoms with Crippen LogP contribution in [0.1, 0.15) is 17.5 Å². The fourth-order valence-corrected chi connectivity index (χ4v) is 2.97. The molecule has 0 saturated heterocycles. The van der Waals surface area contributed by atoms with Gasteiger partial charge in [-0.2, -0.15) is 23.3 Å². The summed E-state index contributed by atoms with van der Waals surface area (Å²) in [6.45, 7) is 0. The molecule has 0 spiro atoms. The Balaban J connectivity index is 1.92. The van der Waals surface area contributed by atoms with Crippen LogP contribution in [0.2, 0.25) is 0 Å². The minimum atomic E-state index is -5.10. The fourth-order valence-electron chi connectivity index (χ4n) is 2.97. The van der Waals surface area contributed by atoms with Gasteiger partial charge in [-0.1, -0.05) is 6.07 Å². The standard InChI is InChI=1S/C19H18F3N3O4/c1-28-15-4-3-12(9-16(15)29-2)10-17(26)25-18(27,19(20,21)22)11-14(24-25)13-5-7-23-8-6-13/h3-9,27H,10-11H2,1-2H3/t18-/m0/s1. The number of hydrogen-bond donors (Lipinski definition) is 1. The quantitative estimate of drug-likeness (QED) is 0.821. The Kier molecular flexibility index (Phi) is 5.47. The van der Waals surface area contributed by atoms with Crippen molar-refractivity contribution < 1.29 is 32.5 Å². The van der Waals surface area contributed by atoms with Crippen LogP contribution in [0, 0.1) is 0 Å².